The second-order valence-corrected chi connectivity index (χ2v) is 10.2. The number of carbonyl (C=O) groups is 1. The Morgan fingerprint density at radius 3 is 2.29 bits per heavy atom. The van der Waals surface area contributed by atoms with Crippen LogP contribution >= 0.6 is 11.6 Å². The van der Waals surface area contributed by atoms with Crippen LogP contribution in [0.2, 0.25) is 5.02 Å². The molecule has 0 saturated carbocycles. The van der Waals surface area contributed by atoms with Gasteiger partial charge in [0.2, 0.25) is 5.91 Å². The van der Waals surface area contributed by atoms with Crippen LogP contribution in [-0.2, 0) is 17.9 Å². The Morgan fingerprint density at radius 1 is 0.971 bits per heavy atom. The molecule has 0 bridgehead atoms. The van der Waals surface area contributed by atoms with Gasteiger partial charge in [-0.15, -0.1) is 0 Å². The first-order valence-corrected chi connectivity index (χ1v) is 13.7. The van der Waals surface area contributed by atoms with Crippen LogP contribution in [0.3, 0.4) is 0 Å². The van der Waals surface area contributed by atoms with Gasteiger partial charge in [0, 0.05) is 30.6 Å². The Bertz CT molecular complexity index is 1080. The van der Waals surface area contributed by atoms with E-state index < -0.39 is 0 Å². The van der Waals surface area contributed by atoms with Crippen LogP contribution in [0, 0.1) is 5.92 Å². The van der Waals surface area contributed by atoms with E-state index in [-0.39, 0.29) is 5.92 Å². The number of fused-ring (bicyclic) bond motifs is 1. The first-order chi connectivity index (χ1) is 17.1. The monoisotopic (exact) mass is 494 g/mol. The maximum Gasteiger partial charge on any atom is 0.225 e. The number of amides is 1. The SMILES string of the molecule is CCCCN(CCCC)C(=O)C1CCN(Cc2nc3ccccc3n2Cc2ccc(Cl)cc2)CC1. The molecule has 2 heterocycles. The molecule has 0 N–H and O–H groups in total. The molecule has 2 aromatic carbocycles. The number of piperidine rings is 1. The number of hydrogen-bond acceptors (Lipinski definition) is 3. The van der Waals surface area contributed by atoms with Crippen molar-refractivity contribution in [1.82, 2.24) is 19.4 Å². The minimum absolute atomic E-state index is 0.160. The molecule has 6 heteroatoms. The smallest absolute Gasteiger partial charge is 0.225 e. The summed E-state index contributed by atoms with van der Waals surface area (Å²) in [6, 6.07) is 16.4. The molecule has 1 aliphatic rings. The van der Waals surface area contributed by atoms with Gasteiger partial charge < -0.3 is 9.47 Å². The van der Waals surface area contributed by atoms with Crippen molar-refractivity contribution in [2.24, 2.45) is 5.92 Å². The molecule has 0 atom stereocenters. The molecule has 4 rings (SSSR count). The Labute approximate surface area is 215 Å². The molecule has 35 heavy (non-hydrogen) atoms. The van der Waals surface area contributed by atoms with Crippen LogP contribution in [0.25, 0.3) is 11.0 Å². The molecule has 1 amide bonds. The third-order valence-electron chi connectivity index (χ3n) is 7.16. The molecule has 188 valence electrons. The highest BCUT2D eigenvalue weighted by molar-refractivity contribution is 6.30. The lowest BCUT2D eigenvalue weighted by Gasteiger charge is -2.34. The fourth-order valence-electron chi connectivity index (χ4n) is 5.02. The number of carbonyl (C=O) groups excluding carboxylic acids is 1. The van der Waals surface area contributed by atoms with Gasteiger partial charge in [-0.3, -0.25) is 9.69 Å². The summed E-state index contributed by atoms with van der Waals surface area (Å²) in [6.45, 7) is 9.66. The summed E-state index contributed by atoms with van der Waals surface area (Å²) >= 11 is 6.10. The second-order valence-electron chi connectivity index (χ2n) is 9.81. The van der Waals surface area contributed by atoms with Crippen LogP contribution in [-0.4, -0.2) is 51.4 Å². The average molecular weight is 495 g/mol. The second kappa shape index (κ2) is 12.5. The lowest BCUT2D eigenvalue weighted by molar-refractivity contribution is -0.137. The number of rotatable bonds is 11. The van der Waals surface area contributed by atoms with Crippen molar-refractivity contribution in [2.75, 3.05) is 26.2 Å². The lowest BCUT2D eigenvalue weighted by Crippen LogP contribution is -2.43. The highest BCUT2D eigenvalue weighted by Gasteiger charge is 2.29. The van der Waals surface area contributed by atoms with E-state index >= 15 is 0 Å². The maximum absolute atomic E-state index is 13.3. The molecule has 1 saturated heterocycles. The summed E-state index contributed by atoms with van der Waals surface area (Å²) in [5.41, 5.74) is 3.40. The van der Waals surface area contributed by atoms with Crippen molar-refractivity contribution < 1.29 is 4.79 Å². The number of hydrogen-bond donors (Lipinski definition) is 0. The number of aromatic nitrogens is 2. The molecule has 0 unspecified atom stereocenters. The molecule has 0 aliphatic carbocycles. The zero-order valence-electron chi connectivity index (χ0n) is 21.3. The number of imidazole rings is 1. The number of para-hydroxylation sites is 2. The summed E-state index contributed by atoms with van der Waals surface area (Å²) < 4.78 is 2.33. The fraction of sp³-hybridized carbons (Fsp3) is 0.517. The van der Waals surface area contributed by atoms with Gasteiger partial charge in [0.1, 0.15) is 5.82 Å². The van der Waals surface area contributed by atoms with Crippen LogP contribution in [0.4, 0.5) is 0 Å². The number of halogens is 1. The third-order valence-corrected chi connectivity index (χ3v) is 7.42. The minimum atomic E-state index is 0.160. The van der Waals surface area contributed by atoms with Crippen LogP contribution in [0.5, 0.6) is 0 Å². The normalized spacial score (nSPS) is 15.1. The van der Waals surface area contributed by atoms with E-state index in [0.717, 1.165) is 99.7 Å². The molecule has 3 aromatic rings. The van der Waals surface area contributed by atoms with Crippen molar-refractivity contribution in [3.8, 4) is 0 Å². The molecule has 0 radical (unpaired) electrons. The average Bonchev–Trinajstić information content (AvgIpc) is 3.22. The van der Waals surface area contributed by atoms with Gasteiger partial charge >= 0.3 is 0 Å². The number of benzene rings is 2. The summed E-state index contributed by atoms with van der Waals surface area (Å²) in [6.07, 6.45) is 6.32. The molecule has 5 nitrogen and oxygen atoms in total. The quantitative estimate of drug-likeness (QED) is 0.310. The lowest BCUT2D eigenvalue weighted by atomic mass is 9.95. The predicted molar refractivity (Wildman–Crippen MR) is 145 cm³/mol. The van der Waals surface area contributed by atoms with Crippen molar-refractivity contribution in [3.63, 3.8) is 0 Å². The first kappa shape index (κ1) is 25.7. The number of unbranched alkanes of at least 4 members (excludes halogenated alkanes) is 2. The van der Waals surface area contributed by atoms with Crippen molar-refractivity contribution >= 4 is 28.5 Å². The Kier molecular flexibility index (Phi) is 9.22. The molecule has 1 aromatic heterocycles. The van der Waals surface area contributed by atoms with E-state index in [4.69, 9.17) is 16.6 Å². The van der Waals surface area contributed by atoms with Crippen LogP contribution in [0.15, 0.2) is 48.5 Å². The van der Waals surface area contributed by atoms with E-state index in [9.17, 15) is 4.79 Å². The van der Waals surface area contributed by atoms with Crippen LogP contribution in [0.1, 0.15) is 63.8 Å². The topological polar surface area (TPSA) is 41.4 Å². The van der Waals surface area contributed by atoms with Gasteiger partial charge in [-0.2, -0.15) is 0 Å². The van der Waals surface area contributed by atoms with Crippen molar-refractivity contribution in [2.45, 2.75) is 65.5 Å². The Hall–Kier alpha value is -2.37. The summed E-state index contributed by atoms with van der Waals surface area (Å²) in [4.78, 5) is 22.8. The van der Waals surface area contributed by atoms with Gasteiger partial charge in [0.25, 0.3) is 0 Å². The molecular weight excluding hydrogens is 456 g/mol. The zero-order chi connectivity index (χ0) is 24.6. The van der Waals surface area contributed by atoms with Gasteiger partial charge in [-0.25, -0.2) is 4.98 Å². The van der Waals surface area contributed by atoms with Gasteiger partial charge in [-0.05, 0) is 68.6 Å². The van der Waals surface area contributed by atoms with E-state index in [1.807, 2.05) is 18.2 Å². The summed E-state index contributed by atoms with van der Waals surface area (Å²) in [5, 5.41) is 0.754. The number of likely N-dealkylation sites (tertiary alicyclic amines) is 1. The van der Waals surface area contributed by atoms with E-state index in [1.165, 1.54) is 5.56 Å². The highest BCUT2D eigenvalue weighted by Crippen LogP contribution is 2.24. The Balaban J connectivity index is 1.42. The van der Waals surface area contributed by atoms with E-state index in [0.29, 0.717) is 5.91 Å². The largest absolute Gasteiger partial charge is 0.342 e. The summed E-state index contributed by atoms with van der Waals surface area (Å²) in [5.74, 6) is 1.62. The highest BCUT2D eigenvalue weighted by atomic mass is 35.5. The Morgan fingerprint density at radius 2 is 1.63 bits per heavy atom. The standard InChI is InChI=1S/C29H39ClN4O/c1-3-5-17-33(18-6-4-2)29(35)24-15-19-32(20-16-24)22-28-31-26-9-7-8-10-27(26)34(28)21-23-11-13-25(30)14-12-23/h7-14,24H,3-6,15-22H2,1-2H3. The maximum atomic E-state index is 13.3. The molecular formula is C29H39ClN4O. The van der Waals surface area contributed by atoms with E-state index in [2.05, 4.69) is 58.5 Å². The molecule has 1 aliphatic heterocycles. The van der Waals surface area contributed by atoms with Crippen molar-refractivity contribution in [1.29, 1.82) is 0 Å². The van der Waals surface area contributed by atoms with Gasteiger partial charge in [-0.1, -0.05) is 62.6 Å². The zero-order valence-corrected chi connectivity index (χ0v) is 22.0. The van der Waals surface area contributed by atoms with Crippen LogP contribution < -0.4 is 0 Å². The van der Waals surface area contributed by atoms with Gasteiger partial charge in [0.15, 0.2) is 0 Å². The molecule has 1 fully saturated rings. The van der Waals surface area contributed by atoms with E-state index in [1.54, 1.807) is 0 Å². The third kappa shape index (κ3) is 6.65. The predicted octanol–water partition coefficient (Wildman–Crippen LogP) is 6.38. The molecule has 0 spiro atoms. The minimum Gasteiger partial charge on any atom is -0.342 e. The summed E-state index contributed by atoms with van der Waals surface area (Å²) in [7, 11) is 0. The fourth-order valence-corrected chi connectivity index (χ4v) is 5.15. The van der Waals surface area contributed by atoms with Crippen molar-refractivity contribution in [3.05, 3.63) is 64.9 Å². The number of nitrogens with zero attached hydrogens (tertiary/aromatic N) is 4. The van der Waals surface area contributed by atoms with Gasteiger partial charge in [0.05, 0.1) is 17.6 Å². The first-order valence-electron chi connectivity index (χ1n) is 13.3.